The van der Waals surface area contributed by atoms with Gasteiger partial charge in [-0.05, 0) is 48.5 Å². The second-order valence-electron chi connectivity index (χ2n) is 7.60. The number of morpholine rings is 1. The lowest BCUT2D eigenvalue weighted by Crippen LogP contribution is -2.38. The van der Waals surface area contributed by atoms with Crippen molar-refractivity contribution in [1.82, 2.24) is 4.90 Å². The Hall–Kier alpha value is -2.48. The van der Waals surface area contributed by atoms with Crippen LogP contribution in [0.4, 0.5) is 5.69 Å². The van der Waals surface area contributed by atoms with Crippen LogP contribution in [0.15, 0.2) is 48.5 Å². The molecule has 1 atom stereocenters. The second kappa shape index (κ2) is 11.2. The van der Waals surface area contributed by atoms with Gasteiger partial charge in [0.25, 0.3) is 0 Å². The summed E-state index contributed by atoms with van der Waals surface area (Å²) in [6, 6.07) is 14.8. The van der Waals surface area contributed by atoms with E-state index in [2.05, 4.69) is 9.80 Å². The third kappa shape index (κ3) is 6.50. The van der Waals surface area contributed by atoms with Gasteiger partial charge in [0, 0.05) is 38.3 Å². The van der Waals surface area contributed by atoms with Crippen LogP contribution in [0, 0.1) is 0 Å². The molecule has 2 aliphatic heterocycles. The van der Waals surface area contributed by atoms with Gasteiger partial charge in [-0.15, -0.1) is 12.4 Å². The number of carbonyl (C=O) groups is 1. The number of nitrogens with zero attached hydrogens (tertiary/aromatic N) is 2. The van der Waals surface area contributed by atoms with Crippen molar-refractivity contribution in [1.29, 1.82) is 0 Å². The summed E-state index contributed by atoms with van der Waals surface area (Å²) in [5, 5.41) is 9.03. The number of halogens is 1. The van der Waals surface area contributed by atoms with Crippen molar-refractivity contribution in [2.24, 2.45) is 0 Å². The summed E-state index contributed by atoms with van der Waals surface area (Å²) in [6.45, 7) is 6.79. The number of benzene rings is 2. The van der Waals surface area contributed by atoms with Crippen LogP contribution < -0.4 is 14.4 Å². The maximum Gasteiger partial charge on any atom is 0.335 e. The topological polar surface area (TPSA) is 71.5 Å². The Morgan fingerprint density at radius 2 is 1.68 bits per heavy atom. The van der Waals surface area contributed by atoms with E-state index in [4.69, 9.17) is 19.3 Å². The Morgan fingerprint density at radius 1 is 1.00 bits per heavy atom. The molecule has 168 valence electrons. The third-order valence-corrected chi connectivity index (χ3v) is 5.53. The van der Waals surface area contributed by atoms with Crippen LogP contribution in [0.2, 0.25) is 0 Å². The minimum Gasteiger partial charge on any atom is -0.492 e. The number of anilines is 1. The van der Waals surface area contributed by atoms with E-state index in [9.17, 15) is 4.79 Å². The van der Waals surface area contributed by atoms with Crippen molar-refractivity contribution < 1.29 is 24.1 Å². The van der Waals surface area contributed by atoms with Crippen molar-refractivity contribution in [2.75, 3.05) is 57.4 Å². The molecule has 2 aromatic carbocycles. The molecule has 0 aliphatic carbocycles. The minimum atomic E-state index is -0.905. The molecule has 8 heteroatoms. The lowest BCUT2D eigenvalue weighted by Gasteiger charge is -2.26. The lowest BCUT2D eigenvalue weighted by molar-refractivity contribution is 0.0322. The number of aromatic carboxylic acids is 1. The van der Waals surface area contributed by atoms with Gasteiger partial charge in [-0.3, -0.25) is 4.90 Å². The maximum atomic E-state index is 11.0. The van der Waals surface area contributed by atoms with Crippen molar-refractivity contribution >= 4 is 24.1 Å². The number of rotatable bonds is 8. The zero-order chi connectivity index (χ0) is 20.8. The highest BCUT2D eigenvalue weighted by Crippen LogP contribution is 2.25. The minimum absolute atomic E-state index is 0. The third-order valence-electron chi connectivity index (χ3n) is 5.53. The molecule has 0 radical (unpaired) electrons. The summed E-state index contributed by atoms with van der Waals surface area (Å²) >= 11 is 0. The van der Waals surface area contributed by atoms with Crippen LogP contribution in [0.25, 0.3) is 0 Å². The second-order valence-corrected chi connectivity index (χ2v) is 7.60. The fraction of sp³-hybridized carbons (Fsp3) is 0.435. The predicted molar refractivity (Wildman–Crippen MR) is 121 cm³/mol. The zero-order valence-corrected chi connectivity index (χ0v) is 18.3. The molecular weight excluding hydrogens is 420 g/mol. The lowest BCUT2D eigenvalue weighted by atomic mass is 10.2. The first kappa shape index (κ1) is 23.2. The first-order valence-electron chi connectivity index (χ1n) is 10.5. The van der Waals surface area contributed by atoms with E-state index in [0.717, 1.165) is 69.5 Å². The van der Waals surface area contributed by atoms with Gasteiger partial charge in [0.05, 0.1) is 25.3 Å². The average molecular weight is 449 g/mol. The van der Waals surface area contributed by atoms with Gasteiger partial charge in [0.1, 0.15) is 24.2 Å². The molecule has 0 saturated carbocycles. The molecule has 0 amide bonds. The molecule has 2 heterocycles. The predicted octanol–water partition coefficient (Wildman–Crippen LogP) is 3.18. The Bertz CT molecular complexity index is 825. The molecule has 1 N–H and O–H groups in total. The summed E-state index contributed by atoms with van der Waals surface area (Å²) < 4.78 is 17.3. The van der Waals surface area contributed by atoms with E-state index in [1.807, 2.05) is 36.4 Å². The molecule has 2 saturated heterocycles. The fourth-order valence-electron chi connectivity index (χ4n) is 3.80. The SMILES string of the molecule is Cl.O=C(O)c1ccc(N2CCC(Oc3ccc(OCCN4CCOCC4)cc3)C2)cc1. The number of ether oxygens (including phenoxy) is 3. The molecule has 2 aliphatic rings. The highest BCUT2D eigenvalue weighted by Gasteiger charge is 2.24. The number of hydrogen-bond acceptors (Lipinski definition) is 6. The zero-order valence-electron chi connectivity index (χ0n) is 17.4. The molecule has 0 bridgehead atoms. The van der Waals surface area contributed by atoms with Crippen molar-refractivity contribution in [2.45, 2.75) is 12.5 Å². The van der Waals surface area contributed by atoms with E-state index < -0.39 is 5.97 Å². The normalized spacial score (nSPS) is 19.0. The summed E-state index contributed by atoms with van der Waals surface area (Å²) in [4.78, 5) is 15.6. The van der Waals surface area contributed by atoms with E-state index >= 15 is 0 Å². The van der Waals surface area contributed by atoms with Crippen LogP contribution in [0.3, 0.4) is 0 Å². The van der Waals surface area contributed by atoms with Gasteiger partial charge < -0.3 is 24.2 Å². The smallest absolute Gasteiger partial charge is 0.335 e. The Morgan fingerprint density at radius 3 is 2.35 bits per heavy atom. The van der Waals surface area contributed by atoms with Gasteiger partial charge in [-0.1, -0.05) is 0 Å². The molecule has 2 fully saturated rings. The van der Waals surface area contributed by atoms with Crippen LogP contribution in [0.1, 0.15) is 16.8 Å². The molecule has 2 aromatic rings. The number of carboxylic acid groups (broad SMARTS) is 1. The largest absolute Gasteiger partial charge is 0.492 e. The van der Waals surface area contributed by atoms with Crippen LogP contribution in [-0.4, -0.2) is 74.6 Å². The number of hydrogen-bond donors (Lipinski definition) is 1. The molecule has 0 aromatic heterocycles. The summed E-state index contributed by atoms with van der Waals surface area (Å²) in [5.41, 5.74) is 1.33. The van der Waals surface area contributed by atoms with Crippen molar-refractivity contribution in [3.05, 3.63) is 54.1 Å². The summed E-state index contributed by atoms with van der Waals surface area (Å²) in [7, 11) is 0. The molecule has 7 nitrogen and oxygen atoms in total. The van der Waals surface area contributed by atoms with E-state index in [1.54, 1.807) is 12.1 Å². The van der Waals surface area contributed by atoms with Crippen molar-refractivity contribution in [3.63, 3.8) is 0 Å². The van der Waals surface area contributed by atoms with Gasteiger partial charge in [-0.25, -0.2) is 4.79 Å². The standard InChI is InChI=1S/C23H28N2O5.ClH/c26-23(27)18-1-3-19(4-2-18)25-10-9-22(17-25)30-21-7-5-20(6-8-21)29-16-13-24-11-14-28-15-12-24;/h1-8,22H,9-17H2,(H,26,27);1H. The molecule has 1 unspecified atom stereocenters. The first-order chi connectivity index (χ1) is 14.7. The number of carboxylic acids is 1. The van der Waals surface area contributed by atoms with Crippen LogP contribution in [0.5, 0.6) is 11.5 Å². The van der Waals surface area contributed by atoms with E-state index in [0.29, 0.717) is 12.2 Å². The highest BCUT2D eigenvalue weighted by molar-refractivity contribution is 5.88. The van der Waals surface area contributed by atoms with Crippen LogP contribution >= 0.6 is 12.4 Å². The molecular formula is C23H29ClN2O5. The maximum absolute atomic E-state index is 11.0. The molecule has 31 heavy (non-hydrogen) atoms. The Balaban J connectivity index is 0.00000272. The Labute approximate surface area is 188 Å². The first-order valence-corrected chi connectivity index (χ1v) is 10.5. The van der Waals surface area contributed by atoms with Gasteiger partial charge in [-0.2, -0.15) is 0 Å². The van der Waals surface area contributed by atoms with E-state index in [-0.39, 0.29) is 18.5 Å². The summed E-state index contributed by atoms with van der Waals surface area (Å²) in [5.74, 6) is 0.781. The Kier molecular flexibility index (Phi) is 8.40. The van der Waals surface area contributed by atoms with E-state index in [1.165, 1.54) is 0 Å². The summed E-state index contributed by atoms with van der Waals surface area (Å²) in [6.07, 6.45) is 1.04. The average Bonchev–Trinajstić information content (AvgIpc) is 3.24. The van der Waals surface area contributed by atoms with Crippen molar-refractivity contribution in [3.8, 4) is 11.5 Å². The highest BCUT2D eigenvalue weighted by atomic mass is 35.5. The van der Waals surface area contributed by atoms with Gasteiger partial charge in [0.2, 0.25) is 0 Å². The monoisotopic (exact) mass is 448 g/mol. The fourth-order valence-corrected chi connectivity index (χ4v) is 3.80. The molecule has 0 spiro atoms. The quantitative estimate of drug-likeness (QED) is 0.665. The van der Waals surface area contributed by atoms with Gasteiger partial charge >= 0.3 is 5.97 Å². The van der Waals surface area contributed by atoms with Crippen LogP contribution in [-0.2, 0) is 4.74 Å². The molecule has 4 rings (SSSR count). The van der Waals surface area contributed by atoms with Gasteiger partial charge in [0.15, 0.2) is 0 Å².